The van der Waals surface area contributed by atoms with Crippen molar-refractivity contribution < 1.29 is 13.5 Å². The highest BCUT2D eigenvalue weighted by Crippen LogP contribution is 2.10. The molecule has 1 unspecified atom stereocenters. The quantitative estimate of drug-likeness (QED) is 0.605. The molecule has 0 fully saturated rings. The van der Waals surface area contributed by atoms with Crippen LogP contribution in [-0.2, 0) is 9.84 Å². The molecule has 0 radical (unpaired) electrons. The van der Waals surface area contributed by atoms with E-state index < -0.39 is 15.4 Å². The summed E-state index contributed by atoms with van der Waals surface area (Å²) >= 11 is 0. The first-order valence-corrected chi connectivity index (χ1v) is 7.28. The number of aliphatic hydroxyl groups is 1. The lowest BCUT2D eigenvalue weighted by Gasteiger charge is -2.23. The van der Waals surface area contributed by atoms with Gasteiger partial charge in [0.25, 0.3) is 0 Å². The van der Waals surface area contributed by atoms with Crippen LogP contribution in [-0.4, -0.2) is 43.7 Å². The molecule has 0 aliphatic rings. The fourth-order valence-electron chi connectivity index (χ4n) is 1.14. The van der Waals surface area contributed by atoms with Crippen LogP contribution in [0.2, 0.25) is 0 Å². The van der Waals surface area contributed by atoms with Gasteiger partial charge in [-0.15, -0.1) is 0 Å². The van der Waals surface area contributed by atoms with Gasteiger partial charge in [0, 0.05) is 12.3 Å². The van der Waals surface area contributed by atoms with Gasteiger partial charge in [-0.1, -0.05) is 13.8 Å². The molecule has 0 aromatic rings. The molecule has 15 heavy (non-hydrogen) atoms. The monoisotopic (exact) mass is 237 g/mol. The molecule has 0 aromatic carbocycles. The Labute approximate surface area is 93.0 Å². The molecule has 5 heteroatoms. The van der Waals surface area contributed by atoms with Crippen LogP contribution in [0.3, 0.4) is 0 Å². The Hall–Kier alpha value is -0.130. The molecule has 0 rings (SSSR count). The summed E-state index contributed by atoms with van der Waals surface area (Å²) in [6, 6.07) is 0. The molecule has 0 saturated heterocycles. The molecule has 4 nitrogen and oxygen atoms in total. The lowest BCUT2D eigenvalue weighted by molar-refractivity contribution is 0.0568. The summed E-state index contributed by atoms with van der Waals surface area (Å²) in [7, 11) is -2.97. The maximum absolute atomic E-state index is 11.2. The van der Waals surface area contributed by atoms with Gasteiger partial charge in [-0.25, -0.2) is 8.42 Å². The minimum atomic E-state index is -2.97. The zero-order valence-corrected chi connectivity index (χ0v) is 10.7. The Balaban J connectivity index is 3.93. The fourth-order valence-corrected chi connectivity index (χ4v) is 2.18. The first-order valence-electron chi connectivity index (χ1n) is 5.46. The molecule has 0 heterocycles. The van der Waals surface area contributed by atoms with E-state index in [0.717, 1.165) is 13.0 Å². The molecule has 0 saturated carbocycles. The van der Waals surface area contributed by atoms with Crippen molar-refractivity contribution in [1.29, 1.82) is 0 Å². The molecule has 0 amide bonds. The highest BCUT2D eigenvalue weighted by molar-refractivity contribution is 7.91. The summed E-state index contributed by atoms with van der Waals surface area (Å²) in [5.74, 6) is 0.204. The maximum Gasteiger partial charge on any atom is 0.150 e. The van der Waals surface area contributed by atoms with Gasteiger partial charge in [-0.05, 0) is 26.3 Å². The Bertz CT molecular complexity index is 260. The van der Waals surface area contributed by atoms with E-state index in [0.29, 0.717) is 13.0 Å². The van der Waals surface area contributed by atoms with Crippen LogP contribution < -0.4 is 5.32 Å². The topological polar surface area (TPSA) is 66.4 Å². The maximum atomic E-state index is 11.2. The molecule has 0 aromatic heterocycles. The van der Waals surface area contributed by atoms with Gasteiger partial charge in [-0.2, -0.15) is 0 Å². The summed E-state index contributed by atoms with van der Waals surface area (Å²) in [6.45, 7) is 6.63. The van der Waals surface area contributed by atoms with Crippen molar-refractivity contribution in [2.24, 2.45) is 0 Å². The van der Waals surface area contributed by atoms with Crippen LogP contribution >= 0.6 is 0 Å². The Morgan fingerprint density at radius 1 is 1.33 bits per heavy atom. The Morgan fingerprint density at radius 3 is 2.40 bits per heavy atom. The van der Waals surface area contributed by atoms with Gasteiger partial charge in [0.15, 0.2) is 0 Å². The third-order valence-electron chi connectivity index (χ3n) is 2.32. The molecule has 0 aliphatic heterocycles. The van der Waals surface area contributed by atoms with Crippen molar-refractivity contribution >= 4 is 9.84 Å². The highest BCUT2D eigenvalue weighted by atomic mass is 32.2. The molecule has 1 atom stereocenters. The first-order chi connectivity index (χ1) is 6.83. The number of nitrogens with one attached hydrogen (secondary N) is 1. The molecule has 2 N–H and O–H groups in total. The zero-order chi connectivity index (χ0) is 11.9. The van der Waals surface area contributed by atoms with Gasteiger partial charge in [-0.3, -0.25) is 0 Å². The van der Waals surface area contributed by atoms with Crippen LogP contribution in [0.1, 0.15) is 33.6 Å². The molecular weight excluding hydrogens is 214 g/mol. The second-order valence-electron chi connectivity index (χ2n) is 4.16. The molecule has 0 spiro atoms. The van der Waals surface area contributed by atoms with Crippen LogP contribution in [0.25, 0.3) is 0 Å². The first kappa shape index (κ1) is 14.9. The van der Waals surface area contributed by atoms with Crippen molar-refractivity contribution in [2.75, 3.05) is 24.6 Å². The predicted molar refractivity (Wildman–Crippen MR) is 62.7 cm³/mol. The van der Waals surface area contributed by atoms with Gasteiger partial charge < -0.3 is 10.4 Å². The normalized spacial score (nSPS) is 16.3. The molecule has 0 aliphatic carbocycles. The predicted octanol–water partition coefficient (Wildman–Crippen LogP) is 0.562. The van der Waals surface area contributed by atoms with E-state index in [-0.39, 0.29) is 11.5 Å². The van der Waals surface area contributed by atoms with E-state index in [9.17, 15) is 13.5 Å². The van der Waals surface area contributed by atoms with Gasteiger partial charge in [0.2, 0.25) is 0 Å². The number of hydrogen-bond acceptors (Lipinski definition) is 4. The van der Waals surface area contributed by atoms with Crippen LogP contribution in [0, 0.1) is 0 Å². The summed E-state index contributed by atoms with van der Waals surface area (Å²) < 4.78 is 22.5. The van der Waals surface area contributed by atoms with Crippen molar-refractivity contribution in [2.45, 2.75) is 39.2 Å². The highest BCUT2D eigenvalue weighted by Gasteiger charge is 2.22. The van der Waals surface area contributed by atoms with Crippen LogP contribution in [0.5, 0.6) is 0 Å². The lowest BCUT2D eigenvalue weighted by Crippen LogP contribution is -2.39. The minimum absolute atomic E-state index is 0.0598. The van der Waals surface area contributed by atoms with Crippen LogP contribution in [0.4, 0.5) is 0 Å². The van der Waals surface area contributed by atoms with Crippen molar-refractivity contribution in [1.82, 2.24) is 5.32 Å². The average Bonchev–Trinajstić information content (AvgIpc) is 2.16. The number of rotatable bonds is 8. The summed E-state index contributed by atoms with van der Waals surface area (Å²) in [5.41, 5.74) is -0.933. The van der Waals surface area contributed by atoms with Gasteiger partial charge in [0.05, 0.1) is 11.4 Å². The van der Waals surface area contributed by atoms with Crippen molar-refractivity contribution in [3.05, 3.63) is 0 Å². The second kappa shape index (κ2) is 6.45. The molecule has 92 valence electrons. The van der Waals surface area contributed by atoms with Crippen LogP contribution in [0.15, 0.2) is 0 Å². The third-order valence-corrected chi connectivity index (χ3v) is 4.03. The smallest absolute Gasteiger partial charge is 0.150 e. The Morgan fingerprint density at radius 2 is 1.93 bits per heavy atom. The molecule has 0 bridgehead atoms. The Kier molecular flexibility index (Phi) is 6.40. The van der Waals surface area contributed by atoms with E-state index in [1.165, 1.54) is 0 Å². The largest absolute Gasteiger partial charge is 0.389 e. The van der Waals surface area contributed by atoms with Gasteiger partial charge in [0.1, 0.15) is 9.84 Å². The van der Waals surface area contributed by atoms with E-state index in [1.807, 2.05) is 6.92 Å². The lowest BCUT2D eigenvalue weighted by atomic mass is 10.0. The number of sulfone groups is 1. The minimum Gasteiger partial charge on any atom is -0.389 e. The van der Waals surface area contributed by atoms with Crippen molar-refractivity contribution in [3.63, 3.8) is 0 Å². The third kappa shape index (κ3) is 7.76. The summed E-state index contributed by atoms with van der Waals surface area (Å²) in [6.07, 6.45) is 1.29. The van der Waals surface area contributed by atoms with Gasteiger partial charge >= 0.3 is 0 Å². The van der Waals surface area contributed by atoms with E-state index in [4.69, 9.17) is 0 Å². The van der Waals surface area contributed by atoms with E-state index >= 15 is 0 Å². The summed E-state index contributed by atoms with van der Waals surface area (Å²) in [5, 5.41) is 13.0. The SMILES string of the molecule is CCCNCC(C)(O)CCS(=O)(=O)CC. The standard InChI is InChI=1S/C10H23NO3S/c1-4-7-11-9-10(3,12)6-8-15(13,14)5-2/h11-12H,4-9H2,1-3H3. The second-order valence-corrected chi connectivity index (χ2v) is 6.63. The zero-order valence-electron chi connectivity index (χ0n) is 9.91. The molecular formula is C10H23NO3S. The van der Waals surface area contributed by atoms with Crippen molar-refractivity contribution in [3.8, 4) is 0 Å². The van der Waals surface area contributed by atoms with E-state index in [2.05, 4.69) is 5.32 Å². The average molecular weight is 237 g/mol. The fraction of sp³-hybridized carbons (Fsp3) is 1.00. The van der Waals surface area contributed by atoms with E-state index in [1.54, 1.807) is 13.8 Å². The summed E-state index contributed by atoms with van der Waals surface area (Å²) in [4.78, 5) is 0. The number of hydrogen-bond donors (Lipinski definition) is 2.